The van der Waals surface area contributed by atoms with Crippen molar-refractivity contribution < 1.29 is 14.3 Å². The highest BCUT2D eigenvalue weighted by molar-refractivity contribution is 5.92. The molecule has 1 aliphatic rings. The lowest BCUT2D eigenvalue weighted by Gasteiger charge is -2.30. The van der Waals surface area contributed by atoms with Crippen LogP contribution in [0.3, 0.4) is 0 Å². The fourth-order valence-electron chi connectivity index (χ4n) is 3.24. The summed E-state index contributed by atoms with van der Waals surface area (Å²) in [6.45, 7) is 3.52. The maximum Gasteiger partial charge on any atom is 0.338 e. The van der Waals surface area contributed by atoms with Gasteiger partial charge in [-0.3, -0.25) is 4.79 Å². The second-order valence-corrected chi connectivity index (χ2v) is 6.96. The van der Waals surface area contributed by atoms with Crippen molar-refractivity contribution in [1.29, 1.82) is 0 Å². The van der Waals surface area contributed by atoms with Gasteiger partial charge < -0.3 is 9.64 Å². The molecule has 0 unspecified atom stereocenters. The van der Waals surface area contributed by atoms with Crippen LogP contribution in [0.4, 0.5) is 0 Å². The number of ether oxygens (including phenoxy) is 1. The molecule has 4 heteroatoms. The lowest BCUT2D eigenvalue weighted by molar-refractivity contribution is -0.135. The molecule has 1 amide bonds. The monoisotopic (exact) mass is 351 g/mol. The normalized spacial score (nSPS) is 14.9. The number of hydrogen-bond donors (Lipinski definition) is 0. The fourth-order valence-corrected chi connectivity index (χ4v) is 3.24. The number of esters is 1. The molecule has 0 spiro atoms. The molecule has 3 rings (SSSR count). The van der Waals surface area contributed by atoms with Crippen LogP contribution in [0.1, 0.15) is 41.3 Å². The van der Waals surface area contributed by atoms with E-state index in [1.54, 1.807) is 11.0 Å². The molecule has 0 bridgehead atoms. The van der Waals surface area contributed by atoms with E-state index in [4.69, 9.17) is 4.74 Å². The van der Waals surface area contributed by atoms with Crippen molar-refractivity contribution >= 4 is 11.9 Å². The van der Waals surface area contributed by atoms with Gasteiger partial charge in [0.2, 0.25) is 0 Å². The lowest BCUT2D eigenvalue weighted by atomic mass is 9.99. The van der Waals surface area contributed by atoms with Crippen LogP contribution in [0, 0.1) is 5.92 Å². The van der Waals surface area contributed by atoms with Gasteiger partial charge in [0, 0.05) is 13.1 Å². The molecule has 0 aliphatic carbocycles. The van der Waals surface area contributed by atoms with E-state index in [1.807, 2.05) is 48.5 Å². The van der Waals surface area contributed by atoms with E-state index in [9.17, 15) is 9.59 Å². The number of likely N-dealkylation sites (tertiary alicyclic amines) is 1. The minimum absolute atomic E-state index is 0.106. The quantitative estimate of drug-likeness (QED) is 0.772. The smallest absolute Gasteiger partial charge is 0.338 e. The molecule has 4 nitrogen and oxygen atoms in total. The molecule has 136 valence electrons. The molecule has 2 aromatic carbocycles. The van der Waals surface area contributed by atoms with Crippen LogP contribution in [0.5, 0.6) is 0 Å². The summed E-state index contributed by atoms with van der Waals surface area (Å²) in [6.07, 6.45) is 2.68. The number of benzene rings is 2. The SMILES string of the molecule is CC1CCN(C(=O)COC(=O)c2ccccc2Cc2ccccc2)CC1. The summed E-state index contributed by atoms with van der Waals surface area (Å²) in [6, 6.07) is 17.4. The topological polar surface area (TPSA) is 46.6 Å². The van der Waals surface area contributed by atoms with Crippen molar-refractivity contribution in [3.8, 4) is 0 Å². The standard InChI is InChI=1S/C22H25NO3/c1-17-11-13-23(14-12-17)21(24)16-26-22(25)20-10-6-5-9-19(20)15-18-7-3-2-4-8-18/h2-10,17H,11-16H2,1H3. The second-order valence-electron chi connectivity index (χ2n) is 6.96. The third-order valence-electron chi connectivity index (χ3n) is 4.94. The Kier molecular flexibility index (Phi) is 6.05. The van der Waals surface area contributed by atoms with Gasteiger partial charge in [0.15, 0.2) is 6.61 Å². The van der Waals surface area contributed by atoms with Crippen molar-refractivity contribution in [2.45, 2.75) is 26.2 Å². The van der Waals surface area contributed by atoms with Gasteiger partial charge in [0.1, 0.15) is 0 Å². The largest absolute Gasteiger partial charge is 0.452 e. The van der Waals surface area contributed by atoms with E-state index in [0.29, 0.717) is 17.9 Å². The molecule has 1 aliphatic heterocycles. The molecular formula is C22H25NO3. The van der Waals surface area contributed by atoms with E-state index < -0.39 is 5.97 Å². The van der Waals surface area contributed by atoms with Gasteiger partial charge in [-0.1, -0.05) is 55.5 Å². The minimum Gasteiger partial charge on any atom is -0.452 e. The molecule has 1 saturated heterocycles. The highest BCUT2D eigenvalue weighted by Crippen LogP contribution is 2.17. The highest BCUT2D eigenvalue weighted by atomic mass is 16.5. The van der Waals surface area contributed by atoms with Gasteiger partial charge in [-0.15, -0.1) is 0 Å². The number of rotatable bonds is 5. The van der Waals surface area contributed by atoms with Crippen molar-refractivity contribution in [3.63, 3.8) is 0 Å². The van der Waals surface area contributed by atoms with Crippen LogP contribution in [-0.2, 0) is 16.0 Å². The zero-order chi connectivity index (χ0) is 18.4. The first-order chi connectivity index (χ1) is 12.6. The number of nitrogens with zero attached hydrogens (tertiary/aromatic N) is 1. The van der Waals surface area contributed by atoms with Gasteiger partial charge in [-0.25, -0.2) is 4.79 Å². The van der Waals surface area contributed by atoms with E-state index in [0.717, 1.165) is 37.1 Å². The Hall–Kier alpha value is -2.62. The van der Waals surface area contributed by atoms with Gasteiger partial charge in [0.05, 0.1) is 5.56 Å². The number of amides is 1. The first-order valence-corrected chi connectivity index (χ1v) is 9.20. The Morgan fingerprint density at radius 2 is 1.65 bits per heavy atom. The predicted molar refractivity (Wildman–Crippen MR) is 101 cm³/mol. The molecule has 0 atom stereocenters. The first-order valence-electron chi connectivity index (χ1n) is 9.20. The van der Waals surface area contributed by atoms with Gasteiger partial charge in [0.25, 0.3) is 5.91 Å². The third-order valence-corrected chi connectivity index (χ3v) is 4.94. The fraction of sp³-hybridized carbons (Fsp3) is 0.364. The summed E-state index contributed by atoms with van der Waals surface area (Å²) < 4.78 is 5.32. The number of piperidine rings is 1. The van der Waals surface area contributed by atoms with Gasteiger partial charge in [-0.05, 0) is 42.4 Å². The van der Waals surface area contributed by atoms with Crippen LogP contribution in [0.25, 0.3) is 0 Å². The molecule has 1 fully saturated rings. The predicted octanol–water partition coefficient (Wildman–Crippen LogP) is 3.69. The minimum atomic E-state index is -0.435. The van der Waals surface area contributed by atoms with E-state index in [1.165, 1.54) is 0 Å². The molecule has 0 aromatic heterocycles. The Labute approximate surface area is 154 Å². The average molecular weight is 351 g/mol. The molecule has 0 N–H and O–H groups in total. The summed E-state index contributed by atoms with van der Waals surface area (Å²) in [4.78, 5) is 26.6. The molecule has 26 heavy (non-hydrogen) atoms. The van der Waals surface area contributed by atoms with Crippen molar-refractivity contribution in [2.75, 3.05) is 19.7 Å². The summed E-state index contributed by atoms with van der Waals surface area (Å²) in [7, 11) is 0. The molecule has 0 radical (unpaired) electrons. The molecule has 1 heterocycles. The maximum absolute atomic E-state index is 12.5. The van der Waals surface area contributed by atoms with Crippen LogP contribution in [0.15, 0.2) is 54.6 Å². The zero-order valence-corrected chi connectivity index (χ0v) is 15.2. The van der Waals surface area contributed by atoms with Gasteiger partial charge >= 0.3 is 5.97 Å². The summed E-state index contributed by atoms with van der Waals surface area (Å²) in [5.74, 6) is 0.118. The average Bonchev–Trinajstić information content (AvgIpc) is 2.67. The van der Waals surface area contributed by atoms with Gasteiger partial charge in [-0.2, -0.15) is 0 Å². The van der Waals surface area contributed by atoms with Crippen LogP contribution < -0.4 is 0 Å². The number of carbonyl (C=O) groups excluding carboxylic acids is 2. The Bertz CT molecular complexity index is 749. The Morgan fingerprint density at radius 3 is 2.38 bits per heavy atom. The zero-order valence-electron chi connectivity index (χ0n) is 15.2. The third kappa shape index (κ3) is 4.72. The van der Waals surface area contributed by atoms with Crippen LogP contribution in [-0.4, -0.2) is 36.5 Å². The van der Waals surface area contributed by atoms with Crippen LogP contribution >= 0.6 is 0 Å². The highest BCUT2D eigenvalue weighted by Gasteiger charge is 2.22. The van der Waals surface area contributed by atoms with Crippen molar-refractivity contribution in [1.82, 2.24) is 4.90 Å². The van der Waals surface area contributed by atoms with Crippen LogP contribution in [0.2, 0.25) is 0 Å². The summed E-state index contributed by atoms with van der Waals surface area (Å²) in [5.41, 5.74) is 2.56. The number of hydrogen-bond acceptors (Lipinski definition) is 3. The van der Waals surface area contributed by atoms with E-state index >= 15 is 0 Å². The van der Waals surface area contributed by atoms with E-state index in [2.05, 4.69) is 6.92 Å². The molecular weight excluding hydrogens is 326 g/mol. The second kappa shape index (κ2) is 8.65. The lowest BCUT2D eigenvalue weighted by Crippen LogP contribution is -2.40. The molecule has 2 aromatic rings. The molecule has 0 saturated carbocycles. The number of carbonyl (C=O) groups is 2. The van der Waals surface area contributed by atoms with Crippen molar-refractivity contribution in [3.05, 3.63) is 71.3 Å². The summed E-state index contributed by atoms with van der Waals surface area (Å²) in [5, 5.41) is 0. The summed E-state index contributed by atoms with van der Waals surface area (Å²) >= 11 is 0. The maximum atomic E-state index is 12.5. The Balaban J connectivity index is 1.60. The van der Waals surface area contributed by atoms with E-state index in [-0.39, 0.29) is 12.5 Å². The Morgan fingerprint density at radius 1 is 1.00 bits per heavy atom. The first kappa shape index (κ1) is 18.2. The van der Waals surface area contributed by atoms with Crippen molar-refractivity contribution in [2.24, 2.45) is 5.92 Å².